The standard InChI is InChI=1S/C22H22N4O4S/c1-14-10-15(2)19-12-17(13-23)21(26-20(19)11-14)24-8-9-25-31(28,29)18-6-4-16(5-7-18)22(27)30-3/h4-7,10-12,25H,8-9H2,1-3H3,(H,24,26). The van der Waals surface area contributed by atoms with Crippen LogP contribution in [0.3, 0.4) is 0 Å². The number of rotatable bonds is 7. The number of benzene rings is 2. The molecule has 9 heteroatoms. The average molecular weight is 439 g/mol. The van der Waals surface area contributed by atoms with E-state index < -0.39 is 16.0 Å². The number of aryl methyl sites for hydroxylation is 2. The fraction of sp³-hybridized carbons (Fsp3) is 0.227. The number of carbonyl (C=O) groups excluding carboxylic acids is 1. The van der Waals surface area contributed by atoms with Gasteiger partial charge in [-0.2, -0.15) is 5.26 Å². The minimum atomic E-state index is -3.75. The minimum Gasteiger partial charge on any atom is -0.465 e. The van der Waals surface area contributed by atoms with Gasteiger partial charge in [0.2, 0.25) is 10.0 Å². The number of nitrogens with one attached hydrogen (secondary N) is 2. The van der Waals surface area contributed by atoms with Gasteiger partial charge in [0.05, 0.1) is 28.6 Å². The third-order valence-corrected chi connectivity index (χ3v) is 6.18. The SMILES string of the molecule is COC(=O)c1ccc(S(=O)(=O)NCCNc2nc3cc(C)cc(C)c3cc2C#N)cc1. The second-order valence-corrected chi connectivity index (χ2v) is 8.75. The summed E-state index contributed by atoms with van der Waals surface area (Å²) in [4.78, 5) is 16.0. The third kappa shape index (κ3) is 4.99. The predicted octanol–water partition coefficient (Wildman–Crippen LogP) is 2.90. The van der Waals surface area contributed by atoms with Crippen molar-refractivity contribution in [3.63, 3.8) is 0 Å². The molecule has 2 aromatic carbocycles. The number of hydrogen-bond acceptors (Lipinski definition) is 7. The van der Waals surface area contributed by atoms with Gasteiger partial charge in [0, 0.05) is 18.5 Å². The van der Waals surface area contributed by atoms with Crippen LogP contribution in [0, 0.1) is 25.2 Å². The van der Waals surface area contributed by atoms with Crippen molar-refractivity contribution < 1.29 is 17.9 Å². The summed E-state index contributed by atoms with van der Waals surface area (Å²) in [5.74, 6) is -0.135. The molecule has 8 nitrogen and oxygen atoms in total. The molecule has 1 aromatic heterocycles. The Morgan fingerprint density at radius 1 is 1.13 bits per heavy atom. The molecule has 3 aromatic rings. The normalized spacial score (nSPS) is 11.2. The van der Waals surface area contributed by atoms with Crippen molar-refractivity contribution in [2.24, 2.45) is 0 Å². The molecule has 0 saturated heterocycles. The summed E-state index contributed by atoms with van der Waals surface area (Å²) < 4.78 is 32.0. The van der Waals surface area contributed by atoms with Crippen LogP contribution in [-0.4, -0.2) is 39.6 Å². The average Bonchev–Trinajstić information content (AvgIpc) is 2.75. The van der Waals surface area contributed by atoms with Crippen LogP contribution in [0.15, 0.2) is 47.4 Å². The smallest absolute Gasteiger partial charge is 0.337 e. The Kier molecular flexibility index (Phi) is 6.53. The van der Waals surface area contributed by atoms with E-state index in [1.807, 2.05) is 26.0 Å². The molecular formula is C22H22N4O4S. The number of sulfonamides is 1. The van der Waals surface area contributed by atoms with Crippen LogP contribution in [0.25, 0.3) is 10.9 Å². The number of ether oxygens (including phenoxy) is 1. The monoisotopic (exact) mass is 438 g/mol. The van der Waals surface area contributed by atoms with Gasteiger partial charge in [-0.3, -0.25) is 0 Å². The zero-order valence-electron chi connectivity index (χ0n) is 17.4. The molecule has 31 heavy (non-hydrogen) atoms. The quantitative estimate of drug-likeness (QED) is 0.430. The van der Waals surface area contributed by atoms with Gasteiger partial charge in [0.25, 0.3) is 0 Å². The first-order chi connectivity index (χ1) is 14.7. The summed E-state index contributed by atoms with van der Waals surface area (Å²) in [5, 5.41) is 13.4. The topological polar surface area (TPSA) is 121 Å². The number of anilines is 1. The molecule has 0 unspecified atom stereocenters. The summed E-state index contributed by atoms with van der Waals surface area (Å²) in [7, 11) is -2.50. The number of nitriles is 1. The molecule has 0 aliphatic carbocycles. The highest BCUT2D eigenvalue weighted by Gasteiger charge is 2.15. The van der Waals surface area contributed by atoms with Crippen LogP contribution in [-0.2, 0) is 14.8 Å². The van der Waals surface area contributed by atoms with Gasteiger partial charge in [-0.05, 0) is 61.4 Å². The molecule has 0 bridgehead atoms. The summed E-state index contributed by atoms with van der Waals surface area (Å²) in [6.07, 6.45) is 0. The van der Waals surface area contributed by atoms with Crippen LogP contribution < -0.4 is 10.0 Å². The van der Waals surface area contributed by atoms with Crippen molar-refractivity contribution in [1.29, 1.82) is 5.26 Å². The van der Waals surface area contributed by atoms with E-state index >= 15 is 0 Å². The Morgan fingerprint density at radius 3 is 2.48 bits per heavy atom. The molecule has 0 fully saturated rings. The highest BCUT2D eigenvalue weighted by Crippen LogP contribution is 2.24. The molecule has 3 rings (SSSR count). The van der Waals surface area contributed by atoms with E-state index in [0.29, 0.717) is 11.4 Å². The summed E-state index contributed by atoms with van der Waals surface area (Å²) >= 11 is 0. The highest BCUT2D eigenvalue weighted by atomic mass is 32.2. The fourth-order valence-electron chi connectivity index (χ4n) is 3.19. The number of methoxy groups -OCH3 is 1. The van der Waals surface area contributed by atoms with E-state index in [0.717, 1.165) is 22.0 Å². The molecule has 160 valence electrons. The van der Waals surface area contributed by atoms with Gasteiger partial charge in [-0.15, -0.1) is 0 Å². The Bertz CT molecular complexity index is 1280. The van der Waals surface area contributed by atoms with Crippen LogP contribution in [0.4, 0.5) is 5.82 Å². The van der Waals surface area contributed by atoms with Crippen LogP contribution in [0.2, 0.25) is 0 Å². The molecule has 0 aliphatic rings. The van der Waals surface area contributed by atoms with Crippen molar-refractivity contribution in [3.8, 4) is 6.07 Å². The van der Waals surface area contributed by atoms with Gasteiger partial charge in [0.1, 0.15) is 11.9 Å². The molecule has 2 N–H and O–H groups in total. The lowest BCUT2D eigenvalue weighted by molar-refractivity contribution is 0.0600. The largest absolute Gasteiger partial charge is 0.465 e. The van der Waals surface area contributed by atoms with Crippen molar-refractivity contribution in [1.82, 2.24) is 9.71 Å². The zero-order valence-corrected chi connectivity index (χ0v) is 18.2. The van der Waals surface area contributed by atoms with Crippen LogP contribution in [0.5, 0.6) is 0 Å². The number of pyridine rings is 1. The number of esters is 1. The molecule has 1 heterocycles. The lowest BCUT2D eigenvalue weighted by atomic mass is 10.0. The van der Waals surface area contributed by atoms with Gasteiger partial charge in [-0.1, -0.05) is 6.07 Å². The Balaban J connectivity index is 1.68. The van der Waals surface area contributed by atoms with Gasteiger partial charge < -0.3 is 10.1 Å². The maximum Gasteiger partial charge on any atom is 0.337 e. The van der Waals surface area contributed by atoms with E-state index in [4.69, 9.17) is 0 Å². The predicted molar refractivity (Wildman–Crippen MR) is 117 cm³/mol. The molecule has 0 radical (unpaired) electrons. The maximum absolute atomic E-state index is 12.4. The maximum atomic E-state index is 12.4. The number of nitrogens with zero attached hydrogens (tertiary/aromatic N) is 2. The van der Waals surface area contributed by atoms with Crippen molar-refractivity contribution >= 4 is 32.7 Å². The Morgan fingerprint density at radius 2 is 1.84 bits per heavy atom. The summed E-state index contributed by atoms with van der Waals surface area (Å²) in [6, 6.07) is 13.3. The first-order valence-electron chi connectivity index (χ1n) is 9.49. The second-order valence-electron chi connectivity index (χ2n) is 6.99. The van der Waals surface area contributed by atoms with Gasteiger partial charge >= 0.3 is 5.97 Å². The van der Waals surface area contributed by atoms with Crippen molar-refractivity contribution in [2.75, 3.05) is 25.5 Å². The molecule has 0 saturated carbocycles. The molecular weight excluding hydrogens is 416 g/mol. The van der Waals surface area contributed by atoms with Crippen molar-refractivity contribution in [2.45, 2.75) is 18.7 Å². The van der Waals surface area contributed by atoms with Crippen molar-refractivity contribution in [3.05, 3.63) is 64.7 Å². The Labute approximate surface area is 180 Å². The fourth-order valence-corrected chi connectivity index (χ4v) is 4.22. The van der Waals surface area contributed by atoms with Crippen LogP contribution in [0.1, 0.15) is 27.0 Å². The van der Waals surface area contributed by atoms with E-state index in [1.54, 1.807) is 6.07 Å². The first kappa shape index (κ1) is 22.2. The minimum absolute atomic E-state index is 0.0349. The molecule has 0 aliphatic heterocycles. The lowest BCUT2D eigenvalue weighted by Crippen LogP contribution is -2.29. The second kappa shape index (κ2) is 9.12. The zero-order chi connectivity index (χ0) is 22.6. The summed E-state index contributed by atoms with van der Waals surface area (Å²) in [6.45, 7) is 4.26. The highest BCUT2D eigenvalue weighted by molar-refractivity contribution is 7.89. The molecule has 0 spiro atoms. The molecule has 0 atom stereocenters. The first-order valence-corrected chi connectivity index (χ1v) is 11.0. The van der Waals surface area contributed by atoms with Crippen LogP contribution >= 0.6 is 0 Å². The van der Waals surface area contributed by atoms with E-state index in [1.165, 1.54) is 31.4 Å². The number of carbonyl (C=O) groups is 1. The van der Waals surface area contributed by atoms with Gasteiger partial charge in [-0.25, -0.2) is 22.9 Å². The summed E-state index contributed by atoms with van der Waals surface area (Å²) in [5.41, 5.74) is 3.53. The van der Waals surface area contributed by atoms with E-state index in [9.17, 15) is 18.5 Å². The molecule has 0 amide bonds. The number of hydrogen-bond donors (Lipinski definition) is 2. The van der Waals surface area contributed by atoms with E-state index in [-0.39, 0.29) is 23.5 Å². The number of fused-ring (bicyclic) bond motifs is 1. The number of aromatic nitrogens is 1. The lowest BCUT2D eigenvalue weighted by Gasteiger charge is -2.12. The van der Waals surface area contributed by atoms with E-state index in [2.05, 4.69) is 25.8 Å². The Hall–Kier alpha value is -3.48. The van der Waals surface area contributed by atoms with Gasteiger partial charge in [0.15, 0.2) is 0 Å². The third-order valence-electron chi connectivity index (χ3n) is 4.70.